The largest absolute Gasteiger partial charge is 0.444 e. The smallest absolute Gasteiger partial charge is 0.410 e. The summed E-state index contributed by atoms with van der Waals surface area (Å²) in [5.74, 6) is 2.77. The first-order chi connectivity index (χ1) is 21.2. The number of hydrogen-bond acceptors (Lipinski definition) is 7. The third-order valence-corrected chi connectivity index (χ3v) is 8.36. The Morgan fingerprint density at radius 3 is 2.68 bits per heavy atom. The van der Waals surface area contributed by atoms with Gasteiger partial charge in [0.2, 0.25) is 11.8 Å². The van der Waals surface area contributed by atoms with Gasteiger partial charge in [-0.15, -0.1) is 0 Å². The van der Waals surface area contributed by atoms with Gasteiger partial charge in [-0.1, -0.05) is 49.6 Å². The predicted molar refractivity (Wildman–Crippen MR) is 174 cm³/mol. The molecule has 8 heteroatoms. The number of pyridine rings is 1. The Bertz CT molecular complexity index is 1630. The van der Waals surface area contributed by atoms with E-state index >= 15 is 0 Å². The van der Waals surface area contributed by atoms with E-state index in [0.29, 0.717) is 30.6 Å². The van der Waals surface area contributed by atoms with Crippen molar-refractivity contribution in [2.75, 3.05) is 18.4 Å². The molecule has 0 spiro atoms. The van der Waals surface area contributed by atoms with Gasteiger partial charge in [-0.2, -0.15) is 0 Å². The Balaban J connectivity index is 1.21. The van der Waals surface area contributed by atoms with Crippen LogP contribution in [0.15, 0.2) is 60.9 Å². The van der Waals surface area contributed by atoms with E-state index in [9.17, 15) is 4.79 Å². The van der Waals surface area contributed by atoms with E-state index in [1.165, 1.54) is 36.6 Å². The average Bonchev–Trinajstić information content (AvgIpc) is 3.83. The normalized spacial score (nSPS) is 17.0. The lowest BCUT2D eigenvalue weighted by molar-refractivity contribution is 0.0206. The van der Waals surface area contributed by atoms with Crippen LogP contribution in [0, 0.1) is 12.8 Å². The highest BCUT2D eigenvalue weighted by Gasteiger charge is 2.28. The zero-order valence-electron chi connectivity index (χ0n) is 26.3. The van der Waals surface area contributed by atoms with E-state index in [1.54, 1.807) is 17.3 Å². The van der Waals surface area contributed by atoms with E-state index in [4.69, 9.17) is 14.5 Å². The van der Waals surface area contributed by atoms with Crippen LogP contribution in [-0.2, 0) is 11.2 Å². The molecule has 2 fully saturated rings. The molecule has 1 saturated carbocycles. The number of anilines is 1. The number of ether oxygens (including phenoxy) is 2. The average molecular weight is 594 g/mol. The summed E-state index contributed by atoms with van der Waals surface area (Å²) in [7, 11) is 0. The third-order valence-electron chi connectivity index (χ3n) is 8.36. The van der Waals surface area contributed by atoms with Crippen molar-refractivity contribution < 1.29 is 14.3 Å². The molecule has 4 aromatic rings. The molecule has 230 valence electrons. The molecule has 1 aliphatic heterocycles. The molecule has 1 aliphatic carbocycles. The number of aromatic nitrogens is 3. The number of aryl methyl sites for hydroxylation is 2. The van der Waals surface area contributed by atoms with Crippen molar-refractivity contribution in [3.05, 3.63) is 72.1 Å². The lowest BCUT2D eigenvalue weighted by Gasteiger charge is -2.34. The first kappa shape index (κ1) is 29.9. The van der Waals surface area contributed by atoms with Crippen molar-refractivity contribution in [1.82, 2.24) is 19.9 Å². The maximum absolute atomic E-state index is 12.7. The second-order valence-corrected chi connectivity index (χ2v) is 13.2. The van der Waals surface area contributed by atoms with Gasteiger partial charge in [0.25, 0.3) is 0 Å². The maximum Gasteiger partial charge on any atom is 0.410 e. The quantitative estimate of drug-likeness (QED) is 0.209. The van der Waals surface area contributed by atoms with Gasteiger partial charge in [0, 0.05) is 36.9 Å². The highest BCUT2D eigenvalue weighted by Crippen LogP contribution is 2.38. The van der Waals surface area contributed by atoms with Gasteiger partial charge < -0.3 is 19.7 Å². The van der Waals surface area contributed by atoms with Crippen molar-refractivity contribution in [3.8, 4) is 22.9 Å². The molecule has 8 nitrogen and oxygen atoms in total. The van der Waals surface area contributed by atoms with Gasteiger partial charge in [-0.25, -0.2) is 19.7 Å². The van der Waals surface area contributed by atoms with Crippen LogP contribution in [0.1, 0.15) is 70.4 Å². The zero-order valence-corrected chi connectivity index (χ0v) is 26.3. The van der Waals surface area contributed by atoms with Gasteiger partial charge in [0.05, 0.1) is 11.3 Å². The lowest BCUT2D eigenvalue weighted by atomic mass is 9.97. The molecule has 1 atom stereocenters. The molecule has 6 rings (SSSR count). The van der Waals surface area contributed by atoms with Gasteiger partial charge in [-0.05, 0) is 94.0 Å². The highest BCUT2D eigenvalue weighted by molar-refractivity contribution is 5.92. The summed E-state index contributed by atoms with van der Waals surface area (Å²) in [6.45, 7) is 8.95. The number of nitrogens with one attached hydrogen (secondary N) is 1. The number of piperidine rings is 1. The molecule has 0 radical (unpaired) electrons. The molecule has 1 amide bonds. The molecule has 2 aromatic carbocycles. The summed E-state index contributed by atoms with van der Waals surface area (Å²) >= 11 is 0. The minimum absolute atomic E-state index is 0.0212. The van der Waals surface area contributed by atoms with Crippen LogP contribution < -0.4 is 10.1 Å². The molecule has 0 unspecified atom stereocenters. The van der Waals surface area contributed by atoms with Gasteiger partial charge in [-0.3, -0.25) is 0 Å². The Morgan fingerprint density at radius 1 is 1.00 bits per heavy atom. The summed E-state index contributed by atoms with van der Waals surface area (Å²) in [6.07, 6.45) is 11.4. The maximum atomic E-state index is 12.7. The second-order valence-electron chi connectivity index (χ2n) is 13.2. The standard InChI is InChI=1S/C36H43N5O3/c1-24-15-18-28-26(10-5-9-25-16-17-25)11-6-13-29(28)32(24)43-33-30(14-7-20-37-33)31-19-21-38-34(40-31)39-27-12-8-22-41(23-27)35(42)44-36(2,3)4/h6-7,11,13-15,18-21,25,27H,5,8-10,12,16-17,22-23H2,1-4H3,(H,38,39,40)/t27-/m0/s1. The van der Waals surface area contributed by atoms with Crippen molar-refractivity contribution in [1.29, 1.82) is 0 Å². The molecular weight excluding hydrogens is 550 g/mol. The van der Waals surface area contributed by atoms with E-state index in [2.05, 4.69) is 52.5 Å². The summed E-state index contributed by atoms with van der Waals surface area (Å²) in [4.78, 5) is 28.4. The van der Waals surface area contributed by atoms with Crippen molar-refractivity contribution in [2.24, 2.45) is 5.92 Å². The Morgan fingerprint density at radius 2 is 1.86 bits per heavy atom. The topological polar surface area (TPSA) is 89.5 Å². The molecular formula is C36H43N5O3. The number of likely N-dealkylation sites (tertiary alicyclic amines) is 1. The Labute approximate surface area is 260 Å². The first-order valence-corrected chi connectivity index (χ1v) is 16.0. The fourth-order valence-electron chi connectivity index (χ4n) is 5.96. The fourth-order valence-corrected chi connectivity index (χ4v) is 5.96. The van der Waals surface area contributed by atoms with E-state index < -0.39 is 5.60 Å². The van der Waals surface area contributed by atoms with Crippen molar-refractivity contribution in [2.45, 2.75) is 84.3 Å². The van der Waals surface area contributed by atoms with Crippen LogP contribution in [0.2, 0.25) is 0 Å². The number of benzene rings is 2. The third kappa shape index (κ3) is 7.29. The number of hydrogen-bond donors (Lipinski definition) is 1. The molecule has 44 heavy (non-hydrogen) atoms. The SMILES string of the molecule is Cc1ccc2c(CCCC3CC3)cccc2c1Oc1ncccc1-c1ccnc(N[C@H]2CCCN(C(=O)OC(C)(C)C)C2)n1. The van der Waals surface area contributed by atoms with Gasteiger partial charge in [0.15, 0.2) is 0 Å². The molecule has 1 saturated heterocycles. The summed E-state index contributed by atoms with van der Waals surface area (Å²) < 4.78 is 12.2. The molecule has 2 aliphatic rings. The van der Waals surface area contributed by atoms with E-state index in [0.717, 1.165) is 47.4 Å². The van der Waals surface area contributed by atoms with Crippen LogP contribution in [0.25, 0.3) is 22.0 Å². The monoisotopic (exact) mass is 593 g/mol. The van der Waals surface area contributed by atoms with Crippen LogP contribution in [-0.4, -0.2) is 50.7 Å². The first-order valence-electron chi connectivity index (χ1n) is 16.0. The van der Waals surface area contributed by atoms with Gasteiger partial charge in [0.1, 0.15) is 11.4 Å². The van der Waals surface area contributed by atoms with Crippen LogP contribution >= 0.6 is 0 Å². The molecule has 2 aromatic heterocycles. The van der Waals surface area contributed by atoms with Crippen LogP contribution in [0.4, 0.5) is 10.7 Å². The number of fused-ring (bicyclic) bond motifs is 1. The number of rotatable bonds is 9. The van der Waals surface area contributed by atoms with Crippen molar-refractivity contribution >= 4 is 22.8 Å². The number of carbonyl (C=O) groups excluding carboxylic acids is 1. The van der Waals surface area contributed by atoms with Gasteiger partial charge >= 0.3 is 6.09 Å². The Kier molecular flexibility index (Phi) is 8.69. The van der Waals surface area contributed by atoms with Crippen LogP contribution in [0.3, 0.4) is 0 Å². The summed E-state index contributed by atoms with van der Waals surface area (Å²) in [5.41, 5.74) is 3.40. The lowest BCUT2D eigenvalue weighted by Crippen LogP contribution is -2.47. The summed E-state index contributed by atoms with van der Waals surface area (Å²) in [5, 5.41) is 5.78. The number of nitrogens with zero attached hydrogens (tertiary/aromatic N) is 4. The molecule has 0 bridgehead atoms. The minimum Gasteiger partial charge on any atom is -0.444 e. The predicted octanol–water partition coefficient (Wildman–Crippen LogP) is 8.34. The van der Waals surface area contributed by atoms with E-state index in [1.807, 2.05) is 39.0 Å². The molecule has 1 N–H and O–H groups in total. The number of amides is 1. The van der Waals surface area contributed by atoms with E-state index in [-0.39, 0.29) is 12.1 Å². The minimum atomic E-state index is -0.527. The zero-order chi connectivity index (χ0) is 30.7. The second kappa shape index (κ2) is 12.8. The molecule has 3 heterocycles. The van der Waals surface area contributed by atoms with Crippen LogP contribution in [0.5, 0.6) is 11.6 Å². The highest BCUT2D eigenvalue weighted by atomic mass is 16.6. The fraction of sp³-hybridized carbons (Fsp3) is 0.444. The summed E-state index contributed by atoms with van der Waals surface area (Å²) in [6, 6.07) is 16.6. The Hall–Kier alpha value is -4.20. The van der Waals surface area contributed by atoms with Crippen molar-refractivity contribution in [3.63, 3.8) is 0 Å². The number of carbonyl (C=O) groups is 1.